The van der Waals surface area contributed by atoms with Crippen molar-refractivity contribution in [3.05, 3.63) is 33.8 Å². The summed E-state index contributed by atoms with van der Waals surface area (Å²) in [6.45, 7) is 1.93. The largest absolute Gasteiger partial charge is 0.469 e. The van der Waals surface area contributed by atoms with Crippen LogP contribution in [0.5, 0.6) is 0 Å². The van der Waals surface area contributed by atoms with Crippen molar-refractivity contribution in [2.24, 2.45) is 0 Å². The fourth-order valence-electron chi connectivity index (χ4n) is 1.29. The van der Waals surface area contributed by atoms with Gasteiger partial charge >= 0.3 is 5.97 Å². The van der Waals surface area contributed by atoms with E-state index in [1.807, 2.05) is 19.1 Å². The minimum Gasteiger partial charge on any atom is -0.469 e. The quantitative estimate of drug-likeness (QED) is 0.631. The molecule has 1 aromatic carbocycles. The molecule has 82 valence electrons. The molecule has 0 spiro atoms. The van der Waals surface area contributed by atoms with Crippen molar-refractivity contribution in [3.8, 4) is 0 Å². The molecule has 0 aliphatic heterocycles. The second-order valence-corrected chi connectivity index (χ2v) is 4.22. The maximum absolute atomic E-state index is 11.2. The van der Waals surface area contributed by atoms with Crippen LogP contribution in [-0.2, 0) is 21.3 Å². The Balaban J connectivity index is 3.02. The van der Waals surface area contributed by atoms with Gasteiger partial charge in [-0.05, 0) is 29.7 Å². The molecule has 1 aromatic rings. The molecule has 1 rings (SSSR count). The highest BCUT2D eigenvalue weighted by atomic mass is 79.9. The lowest BCUT2D eigenvalue weighted by molar-refractivity contribution is -0.139. The molecule has 0 amide bonds. The van der Waals surface area contributed by atoms with Crippen molar-refractivity contribution >= 4 is 33.5 Å². The lowest BCUT2D eigenvalue weighted by Gasteiger charge is -2.08. The Bertz CT molecular complexity index is 377. The number of hydrogen-bond acceptors (Lipinski definition) is 2. The van der Waals surface area contributed by atoms with Crippen LogP contribution >= 0.6 is 27.5 Å². The monoisotopic (exact) mass is 290 g/mol. The smallest absolute Gasteiger partial charge is 0.309 e. The van der Waals surface area contributed by atoms with Gasteiger partial charge in [0.2, 0.25) is 0 Å². The second kappa shape index (κ2) is 5.52. The van der Waals surface area contributed by atoms with E-state index in [1.165, 1.54) is 7.11 Å². The van der Waals surface area contributed by atoms with Crippen LogP contribution in [0.2, 0.25) is 5.02 Å². The molecule has 0 saturated heterocycles. The van der Waals surface area contributed by atoms with Crippen LogP contribution in [0.15, 0.2) is 12.1 Å². The van der Waals surface area contributed by atoms with Crippen LogP contribution in [0.4, 0.5) is 0 Å². The number of carbonyl (C=O) groups is 1. The summed E-state index contributed by atoms with van der Waals surface area (Å²) < 4.78 is 4.63. The zero-order chi connectivity index (χ0) is 11.4. The molecule has 2 nitrogen and oxygen atoms in total. The van der Waals surface area contributed by atoms with E-state index in [-0.39, 0.29) is 5.97 Å². The number of hydrogen-bond donors (Lipinski definition) is 0. The number of methoxy groups -OCH3 is 1. The van der Waals surface area contributed by atoms with Crippen molar-refractivity contribution in [2.45, 2.75) is 18.7 Å². The number of carbonyl (C=O) groups excluding carboxylic acids is 1. The van der Waals surface area contributed by atoms with E-state index >= 15 is 0 Å². The summed E-state index contributed by atoms with van der Waals surface area (Å²) >= 11 is 9.38. The fraction of sp³-hybridized carbons (Fsp3) is 0.364. The van der Waals surface area contributed by atoms with Gasteiger partial charge in [-0.2, -0.15) is 0 Å². The van der Waals surface area contributed by atoms with Crippen molar-refractivity contribution < 1.29 is 9.53 Å². The van der Waals surface area contributed by atoms with Gasteiger partial charge in [0.1, 0.15) is 0 Å². The molecule has 0 bridgehead atoms. The Labute approximate surface area is 103 Å². The van der Waals surface area contributed by atoms with Crippen LogP contribution in [0.3, 0.4) is 0 Å². The Hall–Kier alpha value is -0.540. The molecule has 15 heavy (non-hydrogen) atoms. The van der Waals surface area contributed by atoms with Gasteiger partial charge in [-0.1, -0.05) is 33.6 Å². The summed E-state index contributed by atoms with van der Waals surface area (Å²) in [5.41, 5.74) is 2.96. The molecular weight excluding hydrogens is 279 g/mol. The Morgan fingerprint density at radius 2 is 2.13 bits per heavy atom. The van der Waals surface area contributed by atoms with Crippen molar-refractivity contribution in [3.63, 3.8) is 0 Å². The molecule has 0 unspecified atom stereocenters. The van der Waals surface area contributed by atoms with Gasteiger partial charge < -0.3 is 4.74 Å². The van der Waals surface area contributed by atoms with Crippen molar-refractivity contribution in [1.82, 2.24) is 0 Å². The van der Waals surface area contributed by atoms with Gasteiger partial charge in [-0.25, -0.2) is 0 Å². The molecule has 0 fully saturated rings. The second-order valence-electron chi connectivity index (χ2n) is 3.26. The predicted molar refractivity (Wildman–Crippen MR) is 64.5 cm³/mol. The summed E-state index contributed by atoms with van der Waals surface area (Å²) in [7, 11) is 1.39. The first kappa shape index (κ1) is 12.5. The van der Waals surface area contributed by atoms with E-state index < -0.39 is 0 Å². The number of benzene rings is 1. The first-order valence-corrected chi connectivity index (χ1v) is 5.99. The van der Waals surface area contributed by atoms with E-state index in [0.29, 0.717) is 11.8 Å². The van der Waals surface area contributed by atoms with Gasteiger partial charge in [0.25, 0.3) is 0 Å². The summed E-state index contributed by atoms with van der Waals surface area (Å²) in [4.78, 5) is 11.2. The third-order valence-corrected chi connectivity index (χ3v) is 3.17. The summed E-state index contributed by atoms with van der Waals surface area (Å²) in [5, 5.41) is 1.40. The van der Waals surface area contributed by atoms with Crippen LogP contribution in [0.1, 0.15) is 16.7 Å². The van der Waals surface area contributed by atoms with Crippen molar-refractivity contribution in [2.75, 3.05) is 7.11 Å². The molecule has 0 N–H and O–H groups in total. The Morgan fingerprint density at radius 1 is 1.47 bits per heavy atom. The predicted octanol–water partition coefficient (Wildman–Crippen LogP) is 3.26. The zero-order valence-electron chi connectivity index (χ0n) is 8.64. The van der Waals surface area contributed by atoms with Crippen LogP contribution < -0.4 is 0 Å². The third-order valence-electron chi connectivity index (χ3n) is 2.21. The number of aryl methyl sites for hydroxylation is 1. The molecule has 0 aliphatic rings. The Kier molecular flexibility index (Phi) is 4.61. The average molecular weight is 292 g/mol. The molecule has 0 saturated carbocycles. The van der Waals surface area contributed by atoms with Gasteiger partial charge in [0.15, 0.2) is 0 Å². The highest BCUT2D eigenvalue weighted by Gasteiger charge is 2.09. The molecule has 4 heteroatoms. The molecule has 0 heterocycles. The summed E-state index contributed by atoms with van der Waals surface area (Å²) in [6, 6.07) is 3.81. The summed E-state index contributed by atoms with van der Waals surface area (Å²) in [5.74, 6) is -0.235. The standard InChI is InChI=1S/C11H12BrClO2/c1-7-3-10(13)9(6-12)4-8(7)5-11(14)15-2/h3-4H,5-6H2,1-2H3. The van der Waals surface area contributed by atoms with E-state index in [1.54, 1.807) is 0 Å². The Morgan fingerprint density at radius 3 is 2.67 bits per heavy atom. The topological polar surface area (TPSA) is 26.3 Å². The first-order chi connectivity index (χ1) is 7.08. The number of rotatable bonds is 3. The van der Waals surface area contributed by atoms with Gasteiger partial charge in [0.05, 0.1) is 13.5 Å². The minimum atomic E-state index is -0.235. The molecule has 0 aliphatic carbocycles. The highest BCUT2D eigenvalue weighted by molar-refractivity contribution is 9.08. The molecular formula is C11H12BrClO2. The lowest BCUT2D eigenvalue weighted by atomic mass is 10.0. The number of halogens is 2. The van der Waals surface area contributed by atoms with E-state index in [2.05, 4.69) is 20.7 Å². The van der Waals surface area contributed by atoms with Crippen LogP contribution in [0.25, 0.3) is 0 Å². The maximum Gasteiger partial charge on any atom is 0.309 e. The highest BCUT2D eigenvalue weighted by Crippen LogP contribution is 2.23. The third kappa shape index (κ3) is 3.21. The molecule has 0 aromatic heterocycles. The lowest BCUT2D eigenvalue weighted by Crippen LogP contribution is -2.06. The summed E-state index contributed by atoms with van der Waals surface area (Å²) in [6.07, 6.45) is 0.291. The van der Waals surface area contributed by atoms with E-state index in [0.717, 1.165) is 21.7 Å². The van der Waals surface area contributed by atoms with Crippen molar-refractivity contribution in [1.29, 1.82) is 0 Å². The van der Waals surface area contributed by atoms with Crippen LogP contribution in [-0.4, -0.2) is 13.1 Å². The molecule has 0 radical (unpaired) electrons. The van der Waals surface area contributed by atoms with Crippen LogP contribution in [0, 0.1) is 6.92 Å². The number of esters is 1. The SMILES string of the molecule is COC(=O)Cc1cc(CBr)c(Cl)cc1C. The van der Waals surface area contributed by atoms with Gasteiger partial charge in [-0.3, -0.25) is 4.79 Å². The first-order valence-electron chi connectivity index (χ1n) is 4.49. The maximum atomic E-state index is 11.2. The fourth-order valence-corrected chi connectivity index (χ4v) is 2.20. The zero-order valence-corrected chi connectivity index (χ0v) is 11.0. The normalized spacial score (nSPS) is 10.1. The van der Waals surface area contributed by atoms with Gasteiger partial charge in [-0.15, -0.1) is 0 Å². The van der Waals surface area contributed by atoms with E-state index in [9.17, 15) is 4.79 Å². The van der Waals surface area contributed by atoms with E-state index in [4.69, 9.17) is 11.6 Å². The number of alkyl halides is 1. The number of ether oxygens (including phenoxy) is 1. The minimum absolute atomic E-state index is 0.235. The van der Waals surface area contributed by atoms with Gasteiger partial charge in [0, 0.05) is 10.4 Å². The molecule has 0 atom stereocenters. The average Bonchev–Trinajstić information content (AvgIpc) is 2.21.